The second kappa shape index (κ2) is 4.84. The average Bonchev–Trinajstić information content (AvgIpc) is 1.86. The van der Waals surface area contributed by atoms with Gasteiger partial charge in [0.15, 0.2) is 12.4 Å². The molecule has 0 rings (SSSR count). The lowest BCUT2D eigenvalue weighted by Crippen LogP contribution is -2.16. The summed E-state index contributed by atoms with van der Waals surface area (Å²) in [4.78, 5) is 9.95. The highest BCUT2D eigenvalue weighted by Crippen LogP contribution is 1.91. The first-order chi connectivity index (χ1) is 5.04. The van der Waals surface area contributed by atoms with Crippen LogP contribution in [-0.2, 0) is 4.79 Å². The van der Waals surface area contributed by atoms with E-state index in [1.807, 2.05) is 0 Å². The molecule has 0 bridgehead atoms. The Labute approximate surface area is 63.2 Å². The van der Waals surface area contributed by atoms with Gasteiger partial charge in [0.2, 0.25) is 0 Å². The summed E-state index contributed by atoms with van der Waals surface area (Å²) in [7, 11) is 0. The number of aliphatic carboxylic acids is 1. The summed E-state index contributed by atoms with van der Waals surface area (Å²) < 4.78 is 0. The van der Waals surface area contributed by atoms with Gasteiger partial charge >= 0.3 is 5.97 Å². The van der Waals surface area contributed by atoms with Crippen LogP contribution < -0.4 is 0 Å². The molecule has 64 valence electrons. The molecule has 0 amide bonds. The number of aliphatic hydroxyl groups excluding tert-OH is 2. The number of rotatable bonds is 4. The first kappa shape index (κ1) is 10.1. The summed E-state index contributed by atoms with van der Waals surface area (Å²) in [5.74, 6) is -1.37. The van der Waals surface area contributed by atoms with Crippen molar-refractivity contribution in [1.29, 1.82) is 0 Å². The summed E-state index contributed by atoms with van der Waals surface area (Å²) in [6.07, 6.45) is -1.02. The van der Waals surface area contributed by atoms with Gasteiger partial charge in [-0.15, -0.1) is 0 Å². The van der Waals surface area contributed by atoms with Crippen molar-refractivity contribution in [2.24, 2.45) is 0 Å². The predicted molar refractivity (Wildman–Crippen MR) is 35.6 cm³/mol. The third-order valence-electron chi connectivity index (χ3n) is 0.918. The van der Waals surface area contributed by atoms with Crippen LogP contribution in [0.3, 0.4) is 0 Å². The highest BCUT2D eigenvalue weighted by molar-refractivity contribution is 5.74. The Morgan fingerprint density at radius 2 is 1.91 bits per heavy atom. The number of carboxylic acid groups (broad SMARTS) is 1. The van der Waals surface area contributed by atoms with E-state index in [2.05, 4.69) is 0 Å². The van der Waals surface area contributed by atoms with Crippen LogP contribution in [0.4, 0.5) is 0 Å². The lowest BCUT2D eigenvalue weighted by atomic mass is 10.3. The molecule has 0 aromatic carbocycles. The van der Waals surface area contributed by atoms with Crippen LogP contribution in [0.1, 0.15) is 6.42 Å². The second-order valence-corrected chi connectivity index (χ2v) is 1.93. The molecule has 0 aliphatic rings. The predicted octanol–water partition coefficient (Wildman–Crippen LogP) is -1.31. The minimum atomic E-state index is -1.58. The molecule has 5 nitrogen and oxygen atoms in total. The summed E-state index contributed by atoms with van der Waals surface area (Å²) >= 11 is 0. The van der Waals surface area contributed by atoms with Gasteiger partial charge in [0.25, 0.3) is 0 Å². The zero-order chi connectivity index (χ0) is 8.85. The van der Waals surface area contributed by atoms with Gasteiger partial charge in [-0.25, -0.2) is 4.79 Å². The van der Waals surface area contributed by atoms with Gasteiger partial charge in [-0.2, -0.15) is 0 Å². The van der Waals surface area contributed by atoms with Gasteiger partial charge in [0.1, 0.15) is 0 Å². The molecule has 0 heterocycles. The van der Waals surface area contributed by atoms with E-state index in [1.165, 1.54) is 6.08 Å². The fraction of sp³-hybridized carbons (Fsp3) is 0.500. The second-order valence-electron chi connectivity index (χ2n) is 1.93. The molecule has 0 aliphatic carbocycles. The zero-order valence-corrected chi connectivity index (χ0v) is 5.71. The van der Waals surface area contributed by atoms with Crippen molar-refractivity contribution in [3.05, 3.63) is 12.2 Å². The molecule has 0 aromatic rings. The third kappa shape index (κ3) is 5.53. The Morgan fingerprint density at radius 3 is 2.27 bits per heavy atom. The quantitative estimate of drug-likeness (QED) is 0.304. The van der Waals surface area contributed by atoms with E-state index >= 15 is 0 Å². The van der Waals surface area contributed by atoms with E-state index in [0.717, 1.165) is 6.08 Å². The maximum atomic E-state index is 9.95. The molecule has 1 unspecified atom stereocenters. The molecule has 0 saturated heterocycles. The molecule has 5 heteroatoms. The van der Waals surface area contributed by atoms with Gasteiger partial charge in [0, 0.05) is 6.42 Å². The fourth-order valence-corrected chi connectivity index (χ4v) is 0.411. The lowest BCUT2D eigenvalue weighted by Gasteiger charge is -1.98. The van der Waals surface area contributed by atoms with Gasteiger partial charge in [0.05, 0.1) is 0 Å². The Morgan fingerprint density at radius 1 is 1.36 bits per heavy atom. The smallest absolute Gasteiger partial charge is 0.336 e. The highest BCUT2D eigenvalue weighted by atomic mass is 16.5. The maximum absolute atomic E-state index is 9.95. The fourth-order valence-electron chi connectivity index (χ4n) is 0.411. The SMILES string of the molecule is O=C(O)C(O)/C=C/CC(O)O. The van der Waals surface area contributed by atoms with Crippen molar-refractivity contribution in [1.82, 2.24) is 0 Å². The highest BCUT2D eigenvalue weighted by Gasteiger charge is 2.07. The Kier molecular flexibility index (Phi) is 4.44. The van der Waals surface area contributed by atoms with Crippen LogP contribution in [0.5, 0.6) is 0 Å². The summed E-state index contributed by atoms with van der Waals surface area (Å²) in [6.45, 7) is 0. The molecular weight excluding hydrogens is 152 g/mol. The monoisotopic (exact) mass is 162 g/mol. The molecule has 0 saturated carbocycles. The number of carboxylic acids is 1. The van der Waals surface area contributed by atoms with E-state index < -0.39 is 18.4 Å². The zero-order valence-electron chi connectivity index (χ0n) is 5.71. The molecule has 4 N–H and O–H groups in total. The van der Waals surface area contributed by atoms with Crippen molar-refractivity contribution in [2.75, 3.05) is 0 Å². The van der Waals surface area contributed by atoms with Crippen LogP contribution in [0.2, 0.25) is 0 Å². The Hall–Kier alpha value is -0.910. The van der Waals surface area contributed by atoms with Crippen LogP contribution in [0.15, 0.2) is 12.2 Å². The first-order valence-electron chi connectivity index (χ1n) is 2.97. The van der Waals surface area contributed by atoms with Crippen LogP contribution in [-0.4, -0.2) is 38.8 Å². The van der Waals surface area contributed by atoms with Gasteiger partial charge in [-0.3, -0.25) is 0 Å². The summed E-state index contributed by atoms with van der Waals surface area (Å²) in [5.41, 5.74) is 0. The molecular formula is C6H10O5. The molecule has 11 heavy (non-hydrogen) atoms. The Bertz CT molecular complexity index is 151. The minimum Gasteiger partial charge on any atom is -0.479 e. The van der Waals surface area contributed by atoms with Gasteiger partial charge in [-0.05, 0) is 6.08 Å². The number of hydrogen-bond acceptors (Lipinski definition) is 4. The molecule has 0 spiro atoms. The third-order valence-corrected chi connectivity index (χ3v) is 0.918. The van der Waals surface area contributed by atoms with Gasteiger partial charge < -0.3 is 20.4 Å². The molecule has 0 fully saturated rings. The largest absolute Gasteiger partial charge is 0.479 e. The molecule has 1 atom stereocenters. The van der Waals surface area contributed by atoms with Crippen LogP contribution in [0.25, 0.3) is 0 Å². The maximum Gasteiger partial charge on any atom is 0.336 e. The van der Waals surface area contributed by atoms with Gasteiger partial charge in [-0.1, -0.05) is 6.08 Å². The van der Waals surface area contributed by atoms with E-state index in [0.29, 0.717) is 0 Å². The van der Waals surface area contributed by atoms with Crippen molar-refractivity contribution in [3.8, 4) is 0 Å². The topological polar surface area (TPSA) is 98.0 Å². The normalized spacial score (nSPS) is 14.2. The standard InChI is InChI=1S/C6H10O5/c7-4(6(10)11)2-1-3-5(8)9/h1-2,4-5,7-9H,3H2,(H,10,11)/b2-1+. The van der Waals surface area contributed by atoms with Crippen LogP contribution >= 0.6 is 0 Å². The van der Waals surface area contributed by atoms with Crippen molar-refractivity contribution >= 4 is 5.97 Å². The number of carbonyl (C=O) groups is 1. The minimum absolute atomic E-state index is 0.0929. The number of aliphatic hydroxyl groups is 3. The first-order valence-corrected chi connectivity index (χ1v) is 2.97. The van der Waals surface area contributed by atoms with E-state index in [-0.39, 0.29) is 6.42 Å². The van der Waals surface area contributed by atoms with Crippen molar-refractivity contribution in [3.63, 3.8) is 0 Å². The van der Waals surface area contributed by atoms with E-state index in [9.17, 15) is 4.79 Å². The molecule has 0 aromatic heterocycles. The number of hydrogen-bond donors (Lipinski definition) is 4. The average molecular weight is 162 g/mol. The van der Waals surface area contributed by atoms with E-state index in [4.69, 9.17) is 20.4 Å². The van der Waals surface area contributed by atoms with Crippen molar-refractivity contribution in [2.45, 2.75) is 18.8 Å². The summed E-state index contributed by atoms with van der Waals surface area (Å²) in [5, 5.41) is 33.3. The molecule has 0 aliphatic heterocycles. The Balaban J connectivity index is 3.65. The molecule has 0 radical (unpaired) electrons. The lowest BCUT2D eigenvalue weighted by molar-refractivity contribution is -0.144. The van der Waals surface area contributed by atoms with Crippen LogP contribution in [0, 0.1) is 0 Å². The van der Waals surface area contributed by atoms with E-state index in [1.54, 1.807) is 0 Å². The summed E-state index contributed by atoms with van der Waals surface area (Å²) in [6, 6.07) is 0. The van der Waals surface area contributed by atoms with Crippen molar-refractivity contribution < 1.29 is 25.2 Å².